The topological polar surface area (TPSA) is 66.0 Å². The molecule has 21 heavy (non-hydrogen) atoms. The second-order valence-corrected chi connectivity index (χ2v) is 5.90. The van der Waals surface area contributed by atoms with Gasteiger partial charge in [-0.15, -0.1) is 0 Å². The maximum absolute atomic E-state index is 10.8. The van der Waals surface area contributed by atoms with Crippen molar-refractivity contribution in [2.24, 2.45) is 5.92 Å². The van der Waals surface area contributed by atoms with E-state index < -0.39 is 5.97 Å². The lowest BCUT2D eigenvalue weighted by molar-refractivity contribution is -0.138. The van der Waals surface area contributed by atoms with Crippen molar-refractivity contribution in [3.05, 3.63) is 42.1 Å². The summed E-state index contributed by atoms with van der Waals surface area (Å²) in [6.07, 6.45) is 6.40. The molecule has 4 heteroatoms. The molecule has 0 bridgehead atoms. The summed E-state index contributed by atoms with van der Waals surface area (Å²) in [5.74, 6) is 0.271. The van der Waals surface area contributed by atoms with Gasteiger partial charge in [0.2, 0.25) is 0 Å². The summed E-state index contributed by atoms with van der Waals surface area (Å²) < 4.78 is 0. The van der Waals surface area contributed by atoms with Crippen LogP contribution in [0.2, 0.25) is 0 Å². The van der Waals surface area contributed by atoms with Crippen LogP contribution < -0.4 is 0 Å². The molecular formula is C17H20N2O2. The van der Waals surface area contributed by atoms with Gasteiger partial charge in [0.1, 0.15) is 0 Å². The van der Waals surface area contributed by atoms with E-state index in [1.54, 1.807) is 0 Å². The molecule has 0 atom stereocenters. The fourth-order valence-electron chi connectivity index (χ4n) is 3.29. The van der Waals surface area contributed by atoms with Gasteiger partial charge in [-0.1, -0.05) is 24.3 Å². The number of carbonyl (C=O) groups is 1. The van der Waals surface area contributed by atoms with Crippen molar-refractivity contribution in [3.8, 4) is 11.3 Å². The average Bonchev–Trinajstić information content (AvgIpc) is 3.02. The van der Waals surface area contributed by atoms with Crippen molar-refractivity contribution in [1.29, 1.82) is 0 Å². The first-order valence-corrected chi connectivity index (χ1v) is 7.54. The maximum Gasteiger partial charge on any atom is 0.303 e. The number of hydrogen-bond donors (Lipinski definition) is 2. The molecule has 1 aromatic carbocycles. The molecule has 2 aromatic rings. The predicted molar refractivity (Wildman–Crippen MR) is 81.0 cm³/mol. The van der Waals surface area contributed by atoms with Crippen LogP contribution in [0.15, 0.2) is 36.5 Å². The fourth-order valence-corrected chi connectivity index (χ4v) is 3.29. The largest absolute Gasteiger partial charge is 0.481 e. The summed E-state index contributed by atoms with van der Waals surface area (Å²) in [6, 6.07) is 10.6. The molecule has 0 saturated heterocycles. The van der Waals surface area contributed by atoms with E-state index in [9.17, 15) is 4.79 Å². The Morgan fingerprint density at radius 3 is 2.43 bits per heavy atom. The van der Waals surface area contributed by atoms with Crippen molar-refractivity contribution in [2.45, 2.75) is 38.0 Å². The Balaban J connectivity index is 1.62. The monoisotopic (exact) mass is 284 g/mol. The number of aliphatic carboxylic acids is 1. The molecule has 2 N–H and O–H groups in total. The lowest BCUT2D eigenvalue weighted by Gasteiger charge is -2.28. The number of aromatic amines is 1. The van der Waals surface area contributed by atoms with Gasteiger partial charge in [-0.05, 0) is 49.1 Å². The first-order chi connectivity index (χ1) is 10.2. The summed E-state index contributed by atoms with van der Waals surface area (Å²) in [5, 5.41) is 15.9. The van der Waals surface area contributed by atoms with E-state index in [1.807, 2.05) is 12.3 Å². The van der Waals surface area contributed by atoms with Gasteiger partial charge in [0, 0.05) is 18.2 Å². The first kappa shape index (κ1) is 13.9. The van der Waals surface area contributed by atoms with E-state index in [4.69, 9.17) is 5.11 Å². The minimum atomic E-state index is -0.665. The zero-order valence-corrected chi connectivity index (χ0v) is 12.0. The first-order valence-electron chi connectivity index (χ1n) is 7.54. The number of carboxylic acid groups (broad SMARTS) is 1. The summed E-state index contributed by atoms with van der Waals surface area (Å²) in [6.45, 7) is 0. The SMILES string of the molecule is O=C(O)CC1CCC(c2ccc(-c3cc[nH]n3)cc2)CC1. The van der Waals surface area contributed by atoms with Crippen molar-refractivity contribution in [2.75, 3.05) is 0 Å². The molecule has 1 aromatic heterocycles. The molecule has 0 unspecified atom stereocenters. The number of rotatable bonds is 4. The second-order valence-electron chi connectivity index (χ2n) is 5.90. The highest BCUT2D eigenvalue weighted by Crippen LogP contribution is 2.37. The molecule has 110 valence electrons. The molecule has 4 nitrogen and oxygen atoms in total. The van der Waals surface area contributed by atoms with Crippen LogP contribution in [0.25, 0.3) is 11.3 Å². The highest BCUT2D eigenvalue weighted by molar-refractivity contribution is 5.67. The van der Waals surface area contributed by atoms with Gasteiger partial charge in [0.15, 0.2) is 0 Å². The Morgan fingerprint density at radius 2 is 1.86 bits per heavy atom. The van der Waals surface area contributed by atoms with Gasteiger partial charge in [0.25, 0.3) is 0 Å². The van der Waals surface area contributed by atoms with E-state index in [2.05, 4.69) is 34.5 Å². The van der Waals surface area contributed by atoms with Crippen LogP contribution in [-0.4, -0.2) is 21.3 Å². The van der Waals surface area contributed by atoms with Crippen LogP contribution in [0, 0.1) is 5.92 Å². The third kappa shape index (κ3) is 3.32. The van der Waals surface area contributed by atoms with Crippen LogP contribution in [-0.2, 0) is 4.79 Å². The number of nitrogens with zero attached hydrogens (tertiary/aromatic N) is 1. The van der Waals surface area contributed by atoms with Gasteiger partial charge < -0.3 is 5.11 Å². The van der Waals surface area contributed by atoms with Crippen molar-refractivity contribution < 1.29 is 9.90 Å². The molecule has 1 aliphatic rings. The van der Waals surface area contributed by atoms with Crippen LogP contribution >= 0.6 is 0 Å². The van der Waals surface area contributed by atoms with Crippen LogP contribution in [0.1, 0.15) is 43.6 Å². The normalized spacial score (nSPS) is 22.1. The molecule has 1 heterocycles. The van der Waals surface area contributed by atoms with Gasteiger partial charge in [0.05, 0.1) is 5.69 Å². The fraction of sp³-hybridized carbons (Fsp3) is 0.412. The minimum absolute atomic E-state index is 0.324. The second kappa shape index (κ2) is 6.12. The highest BCUT2D eigenvalue weighted by Gasteiger charge is 2.23. The molecule has 1 fully saturated rings. The number of aromatic nitrogens is 2. The van der Waals surface area contributed by atoms with Crippen molar-refractivity contribution >= 4 is 5.97 Å². The lowest BCUT2D eigenvalue weighted by Crippen LogP contribution is -2.16. The Labute approximate surface area is 124 Å². The Morgan fingerprint density at radius 1 is 1.14 bits per heavy atom. The Kier molecular flexibility index (Phi) is 4.04. The van der Waals surface area contributed by atoms with Crippen molar-refractivity contribution in [3.63, 3.8) is 0 Å². The molecule has 1 aliphatic carbocycles. The highest BCUT2D eigenvalue weighted by atomic mass is 16.4. The molecule has 0 amide bonds. The summed E-state index contributed by atoms with van der Waals surface area (Å²) in [5.41, 5.74) is 3.45. The van der Waals surface area contributed by atoms with Gasteiger partial charge in [-0.2, -0.15) is 5.10 Å². The molecule has 3 rings (SSSR count). The molecule has 1 saturated carbocycles. The third-order valence-electron chi connectivity index (χ3n) is 4.49. The summed E-state index contributed by atoms with van der Waals surface area (Å²) in [7, 11) is 0. The number of hydrogen-bond acceptors (Lipinski definition) is 2. The van der Waals surface area contributed by atoms with Crippen LogP contribution in [0.4, 0.5) is 0 Å². The predicted octanol–water partition coefficient (Wildman–Crippen LogP) is 3.83. The summed E-state index contributed by atoms with van der Waals surface area (Å²) in [4.78, 5) is 10.8. The smallest absolute Gasteiger partial charge is 0.303 e. The Bertz CT molecular complexity index is 582. The molecule has 0 spiro atoms. The maximum atomic E-state index is 10.8. The van der Waals surface area contributed by atoms with Crippen LogP contribution in [0.5, 0.6) is 0 Å². The number of benzene rings is 1. The number of nitrogens with one attached hydrogen (secondary N) is 1. The van der Waals surface area contributed by atoms with E-state index in [-0.39, 0.29) is 0 Å². The zero-order chi connectivity index (χ0) is 14.7. The molecule has 0 aliphatic heterocycles. The Hall–Kier alpha value is -2.10. The lowest BCUT2D eigenvalue weighted by atomic mass is 9.77. The van der Waals surface area contributed by atoms with Gasteiger partial charge in [-0.3, -0.25) is 9.89 Å². The van der Waals surface area contributed by atoms with E-state index in [0.29, 0.717) is 18.3 Å². The minimum Gasteiger partial charge on any atom is -0.481 e. The zero-order valence-electron chi connectivity index (χ0n) is 12.0. The quantitative estimate of drug-likeness (QED) is 0.896. The third-order valence-corrected chi connectivity index (χ3v) is 4.49. The number of carboxylic acids is 1. The van der Waals surface area contributed by atoms with E-state index in [0.717, 1.165) is 36.9 Å². The average molecular weight is 284 g/mol. The standard InChI is InChI=1S/C17H20N2O2/c20-17(21)11-12-1-3-13(4-2-12)14-5-7-15(8-6-14)16-9-10-18-19-16/h5-10,12-13H,1-4,11H2,(H,18,19)(H,20,21). The van der Waals surface area contributed by atoms with E-state index >= 15 is 0 Å². The van der Waals surface area contributed by atoms with E-state index in [1.165, 1.54) is 5.56 Å². The molecule has 0 radical (unpaired) electrons. The summed E-state index contributed by atoms with van der Waals surface area (Å²) >= 11 is 0. The van der Waals surface area contributed by atoms with Crippen molar-refractivity contribution in [1.82, 2.24) is 10.2 Å². The number of H-pyrrole nitrogens is 1. The molecular weight excluding hydrogens is 264 g/mol. The van der Waals surface area contributed by atoms with Crippen LogP contribution in [0.3, 0.4) is 0 Å². The van der Waals surface area contributed by atoms with Gasteiger partial charge in [-0.25, -0.2) is 0 Å². The van der Waals surface area contributed by atoms with Gasteiger partial charge >= 0.3 is 5.97 Å².